The van der Waals surface area contributed by atoms with Gasteiger partial charge in [0.1, 0.15) is 11.5 Å². The highest BCUT2D eigenvalue weighted by molar-refractivity contribution is 6.05. The van der Waals surface area contributed by atoms with Gasteiger partial charge in [0.2, 0.25) is 0 Å². The number of halogens is 1. The Morgan fingerprint density at radius 3 is 2.33 bits per heavy atom. The number of carbonyl (C=O) groups is 2. The molecule has 1 saturated heterocycles. The number of allylic oxidation sites excluding steroid dienone is 2. The van der Waals surface area contributed by atoms with Crippen LogP contribution in [0.3, 0.4) is 0 Å². The van der Waals surface area contributed by atoms with Crippen LogP contribution >= 0.6 is 0 Å². The van der Waals surface area contributed by atoms with Gasteiger partial charge in [-0.3, -0.25) is 0 Å². The molecule has 7 nitrogen and oxygen atoms in total. The van der Waals surface area contributed by atoms with Crippen molar-refractivity contribution in [3.63, 3.8) is 0 Å². The molecule has 0 amide bonds. The fourth-order valence-corrected chi connectivity index (χ4v) is 3.57. The predicted molar refractivity (Wildman–Crippen MR) is 113 cm³/mol. The van der Waals surface area contributed by atoms with Crippen LogP contribution in [0.5, 0.6) is 0 Å². The predicted octanol–water partition coefficient (Wildman–Crippen LogP) is 2.46. The maximum Gasteiger partial charge on any atom is 0.355 e. The standard InChI is InChI=1S/C22H26FN3O4/c1-4-24-11-13-25(14-12-24)19-9-8-16(15-18(19)23)26-10-6-5-7-17(21(27)29-2)20(26)22(28)30-3/h5-10,15H,4,11-14H2,1-3H3. The number of methoxy groups -OCH3 is 2. The maximum absolute atomic E-state index is 15.1. The van der Waals surface area contributed by atoms with Gasteiger partial charge in [-0.15, -0.1) is 0 Å². The number of likely N-dealkylation sites (N-methyl/N-ethyl adjacent to an activating group) is 1. The van der Waals surface area contributed by atoms with Crippen molar-refractivity contribution in [1.29, 1.82) is 0 Å². The van der Waals surface area contributed by atoms with E-state index in [0.29, 0.717) is 11.4 Å². The first-order valence-corrected chi connectivity index (χ1v) is 9.82. The molecular formula is C22H26FN3O4. The first-order valence-electron chi connectivity index (χ1n) is 9.82. The van der Waals surface area contributed by atoms with Crippen molar-refractivity contribution in [3.8, 4) is 0 Å². The van der Waals surface area contributed by atoms with Crippen LogP contribution in [0.25, 0.3) is 0 Å². The van der Waals surface area contributed by atoms with Crippen molar-refractivity contribution in [2.45, 2.75) is 6.92 Å². The minimum atomic E-state index is -0.730. The summed E-state index contributed by atoms with van der Waals surface area (Å²) in [5.74, 6) is -1.81. The van der Waals surface area contributed by atoms with Crippen LogP contribution in [-0.2, 0) is 19.1 Å². The zero-order chi connectivity index (χ0) is 21.7. The number of hydrogen-bond acceptors (Lipinski definition) is 7. The second-order valence-corrected chi connectivity index (χ2v) is 6.87. The molecule has 2 heterocycles. The van der Waals surface area contributed by atoms with E-state index in [2.05, 4.69) is 11.8 Å². The minimum absolute atomic E-state index is 0.0227. The molecule has 1 aromatic carbocycles. The van der Waals surface area contributed by atoms with Crippen molar-refractivity contribution in [3.05, 3.63) is 59.7 Å². The van der Waals surface area contributed by atoms with Crippen LogP contribution in [0.15, 0.2) is 53.9 Å². The third-order valence-corrected chi connectivity index (χ3v) is 5.26. The van der Waals surface area contributed by atoms with Gasteiger partial charge in [0.15, 0.2) is 0 Å². The van der Waals surface area contributed by atoms with Gasteiger partial charge in [-0.1, -0.05) is 13.0 Å². The SMILES string of the molecule is CCN1CCN(c2ccc(N3C=CC=CC(C(=O)OC)=C3C(=O)OC)cc2F)CC1. The summed E-state index contributed by atoms with van der Waals surface area (Å²) in [6.07, 6.45) is 6.29. The van der Waals surface area contributed by atoms with E-state index in [1.807, 2.05) is 4.90 Å². The summed E-state index contributed by atoms with van der Waals surface area (Å²) in [4.78, 5) is 30.5. The Morgan fingerprint density at radius 1 is 1.03 bits per heavy atom. The Hall–Kier alpha value is -3.13. The highest BCUT2D eigenvalue weighted by Crippen LogP contribution is 2.30. The summed E-state index contributed by atoms with van der Waals surface area (Å²) in [5.41, 5.74) is 0.890. The highest BCUT2D eigenvalue weighted by Gasteiger charge is 2.28. The quantitative estimate of drug-likeness (QED) is 0.685. The van der Waals surface area contributed by atoms with E-state index in [1.54, 1.807) is 30.5 Å². The summed E-state index contributed by atoms with van der Waals surface area (Å²) in [6, 6.07) is 4.78. The van der Waals surface area contributed by atoms with Crippen LogP contribution in [0.1, 0.15) is 6.92 Å². The van der Waals surface area contributed by atoms with Crippen LogP contribution in [0.2, 0.25) is 0 Å². The molecule has 2 aliphatic rings. The Balaban J connectivity index is 1.96. The van der Waals surface area contributed by atoms with Gasteiger partial charge in [0.25, 0.3) is 0 Å². The third-order valence-electron chi connectivity index (χ3n) is 5.26. The molecule has 0 aromatic heterocycles. The Bertz CT molecular complexity index is 902. The molecule has 0 N–H and O–H groups in total. The molecule has 0 bridgehead atoms. The number of carbonyl (C=O) groups excluding carboxylic acids is 2. The van der Waals surface area contributed by atoms with Crippen LogP contribution in [0, 0.1) is 5.82 Å². The van der Waals surface area contributed by atoms with Gasteiger partial charge in [-0.05, 0) is 30.8 Å². The number of hydrogen-bond donors (Lipinski definition) is 0. The molecule has 160 valence electrons. The summed E-state index contributed by atoms with van der Waals surface area (Å²) >= 11 is 0. The molecule has 0 saturated carbocycles. The van der Waals surface area contributed by atoms with Gasteiger partial charge >= 0.3 is 11.9 Å². The van der Waals surface area contributed by atoms with E-state index in [0.717, 1.165) is 32.7 Å². The molecule has 0 radical (unpaired) electrons. The number of ether oxygens (including phenoxy) is 2. The topological polar surface area (TPSA) is 62.3 Å². The Morgan fingerprint density at radius 2 is 1.73 bits per heavy atom. The summed E-state index contributed by atoms with van der Waals surface area (Å²) in [7, 11) is 2.45. The number of piperazine rings is 1. The Kier molecular flexibility index (Phi) is 6.89. The van der Waals surface area contributed by atoms with Gasteiger partial charge in [0.05, 0.1) is 25.5 Å². The zero-order valence-electron chi connectivity index (χ0n) is 17.4. The van der Waals surface area contributed by atoms with E-state index in [4.69, 9.17) is 9.47 Å². The van der Waals surface area contributed by atoms with Crippen molar-refractivity contribution in [2.24, 2.45) is 0 Å². The summed E-state index contributed by atoms with van der Waals surface area (Å²) in [6.45, 7) is 6.36. The largest absolute Gasteiger partial charge is 0.465 e. The van der Waals surface area contributed by atoms with Gasteiger partial charge in [-0.2, -0.15) is 0 Å². The second-order valence-electron chi connectivity index (χ2n) is 6.87. The lowest BCUT2D eigenvalue weighted by Gasteiger charge is -2.35. The first-order chi connectivity index (χ1) is 14.5. The van der Waals surface area contributed by atoms with Crippen LogP contribution in [0.4, 0.5) is 15.8 Å². The van der Waals surface area contributed by atoms with Crippen molar-refractivity contribution in [2.75, 3.05) is 56.7 Å². The van der Waals surface area contributed by atoms with E-state index in [9.17, 15) is 9.59 Å². The lowest BCUT2D eigenvalue weighted by molar-refractivity contribution is -0.139. The minimum Gasteiger partial charge on any atom is -0.465 e. The lowest BCUT2D eigenvalue weighted by Crippen LogP contribution is -2.46. The van der Waals surface area contributed by atoms with Crippen molar-refractivity contribution in [1.82, 2.24) is 4.90 Å². The average molecular weight is 415 g/mol. The second kappa shape index (κ2) is 9.58. The van der Waals surface area contributed by atoms with E-state index in [-0.39, 0.29) is 11.3 Å². The van der Waals surface area contributed by atoms with Crippen molar-refractivity contribution < 1.29 is 23.5 Å². The summed E-state index contributed by atoms with van der Waals surface area (Å²) in [5, 5.41) is 0. The first kappa shape index (κ1) is 21.6. The number of anilines is 2. The third kappa shape index (κ3) is 4.38. The molecule has 2 aliphatic heterocycles. The average Bonchev–Trinajstić information content (AvgIpc) is 3.01. The summed E-state index contributed by atoms with van der Waals surface area (Å²) < 4.78 is 24.7. The molecule has 0 aliphatic carbocycles. The molecule has 0 spiro atoms. The van der Waals surface area contributed by atoms with Gasteiger partial charge < -0.3 is 24.2 Å². The van der Waals surface area contributed by atoms with Crippen LogP contribution in [-0.4, -0.2) is 63.8 Å². The lowest BCUT2D eigenvalue weighted by atomic mass is 10.1. The molecule has 30 heavy (non-hydrogen) atoms. The maximum atomic E-state index is 15.1. The smallest absolute Gasteiger partial charge is 0.355 e. The molecule has 8 heteroatoms. The normalized spacial score (nSPS) is 17.2. The molecule has 0 atom stereocenters. The number of esters is 2. The van der Waals surface area contributed by atoms with E-state index >= 15 is 4.39 Å². The Labute approximate surface area is 175 Å². The molecule has 3 rings (SSSR count). The molecule has 1 aromatic rings. The number of nitrogens with zero attached hydrogens (tertiary/aromatic N) is 3. The zero-order valence-corrected chi connectivity index (χ0v) is 17.4. The fourth-order valence-electron chi connectivity index (χ4n) is 3.57. The van der Waals surface area contributed by atoms with Gasteiger partial charge in [-0.25, -0.2) is 14.0 Å². The van der Waals surface area contributed by atoms with E-state index in [1.165, 1.54) is 31.3 Å². The number of rotatable bonds is 5. The van der Waals surface area contributed by atoms with Gasteiger partial charge in [0, 0.05) is 44.1 Å². The van der Waals surface area contributed by atoms with E-state index < -0.39 is 17.8 Å². The molecule has 0 unspecified atom stereocenters. The monoisotopic (exact) mass is 415 g/mol. The molecular weight excluding hydrogens is 389 g/mol. The molecule has 1 fully saturated rings. The highest BCUT2D eigenvalue weighted by atomic mass is 19.1. The van der Waals surface area contributed by atoms with Crippen LogP contribution < -0.4 is 9.80 Å². The van der Waals surface area contributed by atoms with Crippen molar-refractivity contribution >= 4 is 23.3 Å². The number of benzene rings is 1. The fraction of sp³-hybridized carbons (Fsp3) is 0.364.